The number of aliphatic hydroxyl groups excluding tert-OH is 2. The second-order valence-corrected chi connectivity index (χ2v) is 6.04. The van der Waals surface area contributed by atoms with E-state index in [1.54, 1.807) is 0 Å². The summed E-state index contributed by atoms with van der Waals surface area (Å²) in [5.41, 5.74) is 0.989. The molecule has 1 aliphatic heterocycles. The molecule has 0 bridgehead atoms. The summed E-state index contributed by atoms with van der Waals surface area (Å²) in [6.07, 6.45) is 0.791. The molecule has 1 atom stereocenters. The molecule has 1 unspecified atom stereocenters. The van der Waals surface area contributed by atoms with Crippen molar-refractivity contribution in [2.75, 3.05) is 13.2 Å². The third-order valence-electron chi connectivity index (χ3n) is 2.64. The molecule has 0 aromatic rings. The maximum Gasteiger partial charge on any atom is 0.145 e. The highest BCUT2D eigenvalue weighted by atomic mass is 16.6. The molecule has 1 fully saturated rings. The van der Waals surface area contributed by atoms with Crippen LogP contribution in [-0.4, -0.2) is 46.3 Å². The number of hydrogen-bond donors (Lipinski definition) is 3. The normalized spacial score (nSPS) is 24.2. The Kier molecular flexibility index (Phi) is 4.52. The zero-order chi connectivity index (χ0) is 13.1. The van der Waals surface area contributed by atoms with Crippen LogP contribution in [0.1, 0.15) is 40.5 Å². The van der Waals surface area contributed by atoms with E-state index in [0.717, 1.165) is 18.6 Å². The fraction of sp³-hybridized carbons (Fsp3) is 0.917. The molecule has 0 spiro atoms. The molecule has 0 saturated carbocycles. The predicted octanol–water partition coefficient (Wildman–Crippen LogP) is 0.653. The molecule has 5 nitrogen and oxygen atoms in total. The van der Waals surface area contributed by atoms with Crippen LogP contribution in [0.2, 0.25) is 0 Å². The highest BCUT2D eigenvalue weighted by molar-refractivity contribution is 5.87. The lowest BCUT2D eigenvalue weighted by molar-refractivity contribution is 0.00734. The van der Waals surface area contributed by atoms with E-state index in [1.165, 1.54) is 0 Å². The summed E-state index contributed by atoms with van der Waals surface area (Å²) < 4.78 is 0. The average molecular weight is 244 g/mol. The van der Waals surface area contributed by atoms with E-state index in [9.17, 15) is 0 Å². The van der Waals surface area contributed by atoms with Crippen molar-refractivity contribution in [2.45, 2.75) is 57.7 Å². The van der Waals surface area contributed by atoms with E-state index in [0.29, 0.717) is 0 Å². The Balaban J connectivity index is 2.55. The van der Waals surface area contributed by atoms with Crippen molar-refractivity contribution in [3.8, 4) is 0 Å². The van der Waals surface area contributed by atoms with Gasteiger partial charge in [0.05, 0.1) is 12.3 Å². The molecular weight excluding hydrogens is 220 g/mol. The number of aliphatic hydroxyl groups is 2. The van der Waals surface area contributed by atoms with Crippen molar-refractivity contribution in [2.24, 2.45) is 5.16 Å². The van der Waals surface area contributed by atoms with Crippen molar-refractivity contribution >= 4 is 5.71 Å². The number of piperidine rings is 1. The lowest BCUT2D eigenvalue weighted by Gasteiger charge is -2.42. The first kappa shape index (κ1) is 14.4. The van der Waals surface area contributed by atoms with Crippen molar-refractivity contribution < 1.29 is 15.1 Å². The number of nitrogens with zero attached hydrogens (tertiary/aromatic N) is 1. The molecule has 3 N–H and O–H groups in total. The minimum Gasteiger partial charge on any atom is -0.394 e. The predicted molar refractivity (Wildman–Crippen MR) is 67.0 cm³/mol. The molecule has 100 valence electrons. The summed E-state index contributed by atoms with van der Waals surface area (Å²) in [6, 6.07) is 0. The zero-order valence-corrected chi connectivity index (χ0v) is 11.2. The summed E-state index contributed by atoms with van der Waals surface area (Å²) in [5, 5.41) is 25.4. The third kappa shape index (κ3) is 5.02. The Hall–Kier alpha value is -0.650. The quantitative estimate of drug-likeness (QED) is 0.635. The van der Waals surface area contributed by atoms with Gasteiger partial charge in [-0.05, 0) is 27.7 Å². The monoisotopic (exact) mass is 244 g/mol. The molecule has 1 rings (SSSR count). The second-order valence-electron chi connectivity index (χ2n) is 6.04. The maximum absolute atomic E-state index is 9.14. The fourth-order valence-corrected chi connectivity index (χ4v) is 2.42. The third-order valence-corrected chi connectivity index (χ3v) is 2.64. The molecular formula is C12H24N2O3. The van der Waals surface area contributed by atoms with E-state index in [-0.39, 0.29) is 24.3 Å². The van der Waals surface area contributed by atoms with Crippen molar-refractivity contribution in [3.05, 3.63) is 0 Å². The van der Waals surface area contributed by atoms with E-state index in [4.69, 9.17) is 15.1 Å². The lowest BCUT2D eigenvalue weighted by atomic mass is 9.81. The zero-order valence-electron chi connectivity index (χ0n) is 11.2. The number of nitrogens with one attached hydrogen (secondary N) is 1. The van der Waals surface area contributed by atoms with Crippen LogP contribution in [0.5, 0.6) is 0 Å². The molecule has 5 heteroatoms. The number of oxime groups is 1. The van der Waals surface area contributed by atoms with Crippen LogP contribution in [0.4, 0.5) is 0 Å². The fourth-order valence-electron chi connectivity index (χ4n) is 2.42. The minimum atomic E-state index is -0.859. The van der Waals surface area contributed by atoms with Crippen molar-refractivity contribution in [3.63, 3.8) is 0 Å². The van der Waals surface area contributed by atoms with Gasteiger partial charge in [0.15, 0.2) is 0 Å². The molecule has 17 heavy (non-hydrogen) atoms. The smallest absolute Gasteiger partial charge is 0.145 e. The summed E-state index contributed by atoms with van der Waals surface area (Å²) in [6.45, 7) is 8.26. The van der Waals surface area contributed by atoms with Crippen LogP contribution in [-0.2, 0) is 4.84 Å². The van der Waals surface area contributed by atoms with Crippen LogP contribution in [0, 0.1) is 0 Å². The van der Waals surface area contributed by atoms with Gasteiger partial charge in [0.1, 0.15) is 12.7 Å². The average Bonchev–Trinajstić information content (AvgIpc) is 2.12. The summed E-state index contributed by atoms with van der Waals surface area (Å²) in [7, 11) is 0. The van der Waals surface area contributed by atoms with Crippen LogP contribution >= 0.6 is 0 Å². The van der Waals surface area contributed by atoms with Gasteiger partial charge in [0.25, 0.3) is 0 Å². The Morgan fingerprint density at radius 3 is 2.29 bits per heavy atom. The molecule has 1 aliphatic rings. The van der Waals surface area contributed by atoms with Gasteiger partial charge in [0.2, 0.25) is 0 Å². The first-order valence-electron chi connectivity index (χ1n) is 6.00. The first-order chi connectivity index (χ1) is 7.74. The Morgan fingerprint density at radius 2 is 1.82 bits per heavy atom. The van der Waals surface area contributed by atoms with Gasteiger partial charge in [-0.3, -0.25) is 0 Å². The standard InChI is InChI=1S/C12H24N2O3/c1-11(2)5-9(6-12(3,4)14-11)13-17-8-10(16)7-15/h10,14-16H,5-8H2,1-4H3. The van der Waals surface area contributed by atoms with Crippen LogP contribution < -0.4 is 5.32 Å². The SMILES string of the molecule is CC1(C)CC(=NOCC(O)CO)CC(C)(C)N1. The van der Waals surface area contributed by atoms with Gasteiger partial charge in [0, 0.05) is 23.9 Å². The van der Waals surface area contributed by atoms with Crippen molar-refractivity contribution in [1.29, 1.82) is 0 Å². The van der Waals surface area contributed by atoms with Gasteiger partial charge in [-0.25, -0.2) is 0 Å². The maximum atomic E-state index is 9.14. The molecule has 0 aliphatic carbocycles. The Morgan fingerprint density at radius 1 is 1.29 bits per heavy atom. The van der Waals surface area contributed by atoms with Gasteiger partial charge in [-0.2, -0.15) is 0 Å². The lowest BCUT2D eigenvalue weighted by Crippen LogP contribution is -2.58. The van der Waals surface area contributed by atoms with Gasteiger partial charge >= 0.3 is 0 Å². The number of hydrogen-bond acceptors (Lipinski definition) is 5. The van der Waals surface area contributed by atoms with Crippen LogP contribution in [0.15, 0.2) is 5.16 Å². The number of rotatable bonds is 4. The molecule has 0 aromatic carbocycles. The van der Waals surface area contributed by atoms with E-state index < -0.39 is 6.10 Å². The topological polar surface area (TPSA) is 74.1 Å². The summed E-state index contributed by atoms with van der Waals surface area (Å²) in [5.74, 6) is 0. The molecule has 1 saturated heterocycles. The minimum absolute atomic E-state index is 0.000458. The van der Waals surface area contributed by atoms with E-state index >= 15 is 0 Å². The highest BCUT2D eigenvalue weighted by Crippen LogP contribution is 2.26. The summed E-state index contributed by atoms with van der Waals surface area (Å²) in [4.78, 5) is 5.06. The van der Waals surface area contributed by atoms with E-state index in [1.807, 2.05) is 0 Å². The van der Waals surface area contributed by atoms with E-state index in [2.05, 4.69) is 38.2 Å². The molecule has 0 radical (unpaired) electrons. The molecule has 0 amide bonds. The highest BCUT2D eigenvalue weighted by Gasteiger charge is 2.35. The molecule has 1 heterocycles. The second kappa shape index (κ2) is 5.33. The molecule has 0 aromatic heterocycles. The largest absolute Gasteiger partial charge is 0.394 e. The van der Waals surface area contributed by atoms with Gasteiger partial charge in [-0.1, -0.05) is 5.16 Å². The van der Waals surface area contributed by atoms with Gasteiger partial charge < -0.3 is 20.4 Å². The Labute approximate surface area is 103 Å². The van der Waals surface area contributed by atoms with Crippen LogP contribution in [0.25, 0.3) is 0 Å². The first-order valence-corrected chi connectivity index (χ1v) is 6.00. The summed E-state index contributed by atoms with van der Waals surface area (Å²) >= 11 is 0. The Bertz CT molecular complexity index is 269. The van der Waals surface area contributed by atoms with Gasteiger partial charge in [-0.15, -0.1) is 0 Å². The van der Waals surface area contributed by atoms with Crippen molar-refractivity contribution in [1.82, 2.24) is 5.32 Å². The van der Waals surface area contributed by atoms with Crippen LogP contribution in [0.3, 0.4) is 0 Å².